The third-order valence-corrected chi connectivity index (χ3v) is 14.0. The van der Waals surface area contributed by atoms with Gasteiger partial charge in [-0.2, -0.15) is 0 Å². The van der Waals surface area contributed by atoms with Crippen molar-refractivity contribution in [2.75, 3.05) is 0 Å². The quantitative estimate of drug-likeness (QED) is 0.166. The molecule has 0 aliphatic rings. The Morgan fingerprint density at radius 2 is 0.672 bits per heavy atom. The van der Waals surface area contributed by atoms with Crippen molar-refractivity contribution in [3.8, 4) is 44.5 Å². The van der Waals surface area contributed by atoms with E-state index in [1.807, 2.05) is 11.3 Å². The van der Waals surface area contributed by atoms with Crippen molar-refractivity contribution in [2.24, 2.45) is 0 Å². The predicted molar refractivity (Wildman–Crippen MR) is 262 cm³/mol. The molecule has 0 amide bonds. The van der Waals surface area contributed by atoms with E-state index in [4.69, 9.17) is 9.97 Å². The van der Waals surface area contributed by atoms with Crippen molar-refractivity contribution < 1.29 is 0 Å². The van der Waals surface area contributed by atoms with E-state index in [0.29, 0.717) is 0 Å². The molecule has 0 atom stereocenters. The zero-order valence-electron chi connectivity index (χ0n) is 32.9. The SMILES string of the molecule is c1ccc2c(c1)sc1c(-c3ccc(-c4ccc(-c5ccc(-c6ccc7c8ccccc8c8nccnc8c7c6)c6ccccc56)c5ccccc45)c4ccccc34)cccc12. The molecule has 0 saturated heterocycles. The standard InChI is InChI=1S/C58H34N2S/c1-2-13-38-37(12-1)36(35-24-25-49-43-18-7-8-20-51(43)56-57(54(49)34-35)60-33-32-59-56)26-27-44(38)45-28-29-46(40-15-4-3-14-39(40)45)47-30-31-48(42-17-6-5-16-41(42)47)52-21-11-22-53-50-19-9-10-23-55(50)61-58(52)53/h1-34H. The van der Waals surface area contributed by atoms with Crippen LogP contribution in [0.4, 0.5) is 0 Å². The molecule has 0 bridgehead atoms. The van der Waals surface area contributed by atoms with Crippen LogP contribution < -0.4 is 0 Å². The fourth-order valence-electron chi connectivity index (χ4n) is 10.1. The van der Waals surface area contributed by atoms with Gasteiger partial charge in [0, 0.05) is 48.9 Å². The van der Waals surface area contributed by atoms with Crippen LogP contribution in [-0.2, 0) is 0 Å². The van der Waals surface area contributed by atoms with Gasteiger partial charge in [0.15, 0.2) is 0 Å². The summed E-state index contributed by atoms with van der Waals surface area (Å²) in [6, 6.07) is 71.6. The second kappa shape index (κ2) is 13.4. The zero-order valence-corrected chi connectivity index (χ0v) is 33.7. The van der Waals surface area contributed by atoms with Crippen molar-refractivity contribution in [1.82, 2.24) is 9.97 Å². The van der Waals surface area contributed by atoms with E-state index in [2.05, 4.69) is 194 Å². The van der Waals surface area contributed by atoms with Gasteiger partial charge < -0.3 is 0 Å². The van der Waals surface area contributed by atoms with Gasteiger partial charge in [0.25, 0.3) is 0 Å². The molecule has 3 heteroatoms. The van der Waals surface area contributed by atoms with Gasteiger partial charge in [-0.05, 0) is 94.2 Å². The zero-order chi connectivity index (χ0) is 40.0. The average Bonchev–Trinajstić information content (AvgIpc) is 3.72. The summed E-state index contributed by atoms with van der Waals surface area (Å²) in [5.41, 5.74) is 11.7. The third kappa shape index (κ3) is 5.14. The summed E-state index contributed by atoms with van der Waals surface area (Å²) in [7, 11) is 0. The molecule has 0 fully saturated rings. The fraction of sp³-hybridized carbons (Fsp3) is 0. The Hall–Kier alpha value is -7.72. The van der Waals surface area contributed by atoms with Crippen LogP contribution in [0.5, 0.6) is 0 Å². The van der Waals surface area contributed by atoms with Crippen molar-refractivity contribution >= 4 is 96.4 Å². The van der Waals surface area contributed by atoms with Crippen LogP contribution in [0, 0.1) is 0 Å². The molecule has 0 spiro atoms. The second-order valence-corrected chi connectivity index (χ2v) is 17.0. The molecule has 13 rings (SSSR count). The Kier molecular flexibility index (Phi) is 7.51. The summed E-state index contributed by atoms with van der Waals surface area (Å²) in [5.74, 6) is 0. The van der Waals surface area contributed by atoms with Crippen molar-refractivity contribution in [2.45, 2.75) is 0 Å². The predicted octanol–water partition coefficient (Wildman–Crippen LogP) is 16.4. The molecule has 0 radical (unpaired) electrons. The van der Waals surface area contributed by atoms with Gasteiger partial charge in [0.1, 0.15) is 0 Å². The van der Waals surface area contributed by atoms with Crippen molar-refractivity contribution in [3.05, 3.63) is 207 Å². The van der Waals surface area contributed by atoms with Crippen LogP contribution in [0.2, 0.25) is 0 Å². The van der Waals surface area contributed by atoms with Crippen LogP contribution in [0.25, 0.3) is 130 Å². The van der Waals surface area contributed by atoms with Gasteiger partial charge in [-0.3, -0.25) is 9.97 Å². The van der Waals surface area contributed by atoms with Gasteiger partial charge in [-0.1, -0.05) is 182 Å². The van der Waals surface area contributed by atoms with Crippen LogP contribution in [-0.4, -0.2) is 9.97 Å². The summed E-state index contributed by atoms with van der Waals surface area (Å²) in [6.07, 6.45) is 3.59. The lowest BCUT2D eigenvalue weighted by Gasteiger charge is -2.18. The normalized spacial score (nSPS) is 11.9. The highest BCUT2D eigenvalue weighted by atomic mass is 32.1. The molecule has 11 aromatic carbocycles. The summed E-state index contributed by atoms with van der Waals surface area (Å²) in [4.78, 5) is 9.65. The average molecular weight is 791 g/mol. The molecule has 282 valence electrons. The molecule has 0 unspecified atom stereocenters. The molecule has 61 heavy (non-hydrogen) atoms. The highest BCUT2D eigenvalue weighted by molar-refractivity contribution is 7.26. The third-order valence-electron chi connectivity index (χ3n) is 12.8. The number of nitrogens with zero attached hydrogens (tertiary/aromatic N) is 2. The van der Waals surface area contributed by atoms with Crippen LogP contribution in [0.1, 0.15) is 0 Å². The number of fused-ring (bicyclic) bond motifs is 12. The maximum atomic E-state index is 4.86. The maximum absolute atomic E-state index is 4.86. The number of hydrogen-bond donors (Lipinski definition) is 0. The Bertz CT molecular complexity index is 3920. The summed E-state index contributed by atoms with van der Waals surface area (Å²) >= 11 is 1.89. The lowest BCUT2D eigenvalue weighted by atomic mass is 9.86. The van der Waals surface area contributed by atoms with Gasteiger partial charge in [-0.25, -0.2) is 0 Å². The number of rotatable bonds is 4. The van der Waals surface area contributed by atoms with Crippen LogP contribution in [0.3, 0.4) is 0 Å². The first kappa shape index (κ1) is 34.2. The van der Waals surface area contributed by atoms with E-state index >= 15 is 0 Å². The molecular formula is C58H34N2S. The van der Waals surface area contributed by atoms with Crippen molar-refractivity contribution in [3.63, 3.8) is 0 Å². The first-order valence-electron chi connectivity index (χ1n) is 20.8. The first-order valence-corrected chi connectivity index (χ1v) is 21.6. The highest BCUT2D eigenvalue weighted by Gasteiger charge is 2.19. The van der Waals surface area contributed by atoms with Crippen LogP contribution in [0.15, 0.2) is 207 Å². The molecule has 0 N–H and O–H groups in total. The van der Waals surface area contributed by atoms with Gasteiger partial charge >= 0.3 is 0 Å². The lowest BCUT2D eigenvalue weighted by Crippen LogP contribution is -1.91. The minimum atomic E-state index is 0.932. The summed E-state index contributed by atoms with van der Waals surface area (Å²) in [5, 5.41) is 14.7. The van der Waals surface area contributed by atoms with Crippen molar-refractivity contribution in [1.29, 1.82) is 0 Å². The topological polar surface area (TPSA) is 25.8 Å². The van der Waals surface area contributed by atoms with E-state index < -0.39 is 0 Å². The molecule has 0 aliphatic heterocycles. The Morgan fingerprint density at radius 3 is 1.25 bits per heavy atom. The molecule has 0 aliphatic carbocycles. The molecule has 0 saturated carbocycles. The molecular weight excluding hydrogens is 757 g/mol. The molecule has 2 aromatic heterocycles. The van der Waals surface area contributed by atoms with Crippen LogP contribution >= 0.6 is 11.3 Å². The second-order valence-electron chi connectivity index (χ2n) is 16.0. The maximum Gasteiger partial charge on any atom is 0.0971 e. The summed E-state index contributed by atoms with van der Waals surface area (Å²) in [6.45, 7) is 0. The fourth-order valence-corrected chi connectivity index (χ4v) is 11.3. The number of aromatic nitrogens is 2. The minimum Gasteiger partial charge on any atom is -0.252 e. The van der Waals surface area contributed by atoms with Gasteiger partial charge in [0.2, 0.25) is 0 Å². The number of benzene rings is 11. The number of hydrogen-bond acceptors (Lipinski definition) is 3. The van der Waals surface area contributed by atoms with E-state index in [1.165, 1.54) is 102 Å². The van der Waals surface area contributed by atoms with E-state index in [0.717, 1.165) is 27.4 Å². The smallest absolute Gasteiger partial charge is 0.0971 e. The first-order chi connectivity index (χ1) is 30.3. The minimum absolute atomic E-state index is 0.932. The largest absolute Gasteiger partial charge is 0.252 e. The molecule has 2 nitrogen and oxygen atoms in total. The van der Waals surface area contributed by atoms with Gasteiger partial charge in [-0.15, -0.1) is 11.3 Å². The Balaban J connectivity index is 0.965. The number of thiophene rings is 1. The highest BCUT2D eigenvalue weighted by Crippen LogP contribution is 2.46. The summed E-state index contributed by atoms with van der Waals surface area (Å²) < 4.78 is 2.66. The lowest BCUT2D eigenvalue weighted by molar-refractivity contribution is 1.31. The monoisotopic (exact) mass is 790 g/mol. The van der Waals surface area contributed by atoms with Gasteiger partial charge in [0.05, 0.1) is 11.0 Å². The Labute approximate surface area is 355 Å². The van der Waals surface area contributed by atoms with E-state index in [1.54, 1.807) is 12.4 Å². The Morgan fingerprint density at radius 1 is 0.262 bits per heavy atom. The molecule has 2 heterocycles. The van der Waals surface area contributed by atoms with E-state index in [9.17, 15) is 0 Å². The van der Waals surface area contributed by atoms with E-state index in [-0.39, 0.29) is 0 Å². The molecule has 13 aromatic rings.